The van der Waals surface area contributed by atoms with E-state index in [-0.39, 0.29) is 17.5 Å². The smallest absolute Gasteiger partial charge is 0.269 e. The summed E-state index contributed by atoms with van der Waals surface area (Å²) >= 11 is 7.44. The third-order valence-corrected chi connectivity index (χ3v) is 3.59. The molecule has 4 nitrogen and oxygen atoms in total. The van der Waals surface area contributed by atoms with Gasteiger partial charge in [0, 0.05) is 28.2 Å². The summed E-state index contributed by atoms with van der Waals surface area (Å²) in [5.41, 5.74) is 0.762. The topological polar surface area (TPSA) is 63.4 Å². The summed E-state index contributed by atoms with van der Waals surface area (Å²) in [6, 6.07) is 4.38. The molecular weight excluding hydrogens is 250 g/mol. The van der Waals surface area contributed by atoms with Gasteiger partial charge in [0.1, 0.15) is 0 Å². The number of aliphatic hydroxyl groups is 1. The highest BCUT2D eigenvalue weighted by Gasteiger charge is 2.10. The van der Waals surface area contributed by atoms with E-state index in [1.807, 2.05) is 6.92 Å². The summed E-state index contributed by atoms with van der Waals surface area (Å²) in [5.74, 6) is 0.558. The van der Waals surface area contributed by atoms with Crippen molar-refractivity contribution in [2.75, 3.05) is 6.61 Å². The highest BCUT2D eigenvalue weighted by molar-refractivity contribution is 7.99. The molecule has 0 amide bonds. The van der Waals surface area contributed by atoms with Crippen LogP contribution < -0.4 is 0 Å². The van der Waals surface area contributed by atoms with Crippen LogP contribution in [0.1, 0.15) is 12.5 Å². The van der Waals surface area contributed by atoms with Crippen LogP contribution >= 0.6 is 23.4 Å². The van der Waals surface area contributed by atoms with Crippen LogP contribution in [-0.2, 0) is 5.75 Å². The molecule has 0 aliphatic heterocycles. The number of hydrogen-bond donors (Lipinski definition) is 1. The Kier molecular flexibility index (Phi) is 5.05. The van der Waals surface area contributed by atoms with E-state index in [9.17, 15) is 10.1 Å². The first-order valence-electron chi connectivity index (χ1n) is 4.70. The van der Waals surface area contributed by atoms with Gasteiger partial charge < -0.3 is 5.11 Å². The number of hydrogen-bond acceptors (Lipinski definition) is 4. The molecule has 0 heterocycles. The number of nitro benzene ring substituents is 1. The van der Waals surface area contributed by atoms with Crippen LogP contribution in [-0.4, -0.2) is 21.9 Å². The molecule has 0 saturated carbocycles. The van der Waals surface area contributed by atoms with Gasteiger partial charge in [-0.15, -0.1) is 0 Å². The molecule has 0 saturated heterocycles. The fourth-order valence-corrected chi connectivity index (χ4v) is 2.14. The van der Waals surface area contributed by atoms with Crippen LogP contribution in [0.15, 0.2) is 18.2 Å². The Labute approximate surface area is 103 Å². The lowest BCUT2D eigenvalue weighted by molar-refractivity contribution is -0.384. The standard InChI is InChI=1S/C10H12ClNO3S/c1-7(5-13)16-6-8-4-9(12(14)15)2-3-10(8)11/h2-4,7,13H,5-6H2,1H3. The fraction of sp³-hybridized carbons (Fsp3) is 0.400. The first-order chi connectivity index (χ1) is 7.54. The summed E-state index contributed by atoms with van der Waals surface area (Å²) in [5, 5.41) is 20.0. The van der Waals surface area contributed by atoms with Crippen LogP contribution in [0.25, 0.3) is 0 Å². The van der Waals surface area contributed by atoms with Gasteiger partial charge in [-0.2, -0.15) is 11.8 Å². The maximum absolute atomic E-state index is 10.6. The van der Waals surface area contributed by atoms with Crippen molar-refractivity contribution < 1.29 is 10.0 Å². The van der Waals surface area contributed by atoms with E-state index in [1.54, 1.807) is 0 Å². The Morgan fingerprint density at radius 2 is 2.31 bits per heavy atom. The Hall–Kier alpha value is -0.780. The maximum Gasteiger partial charge on any atom is 0.269 e. The average molecular weight is 262 g/mol. The van der Waals surface area contributed by atoms with Gasteiger partial charge in [0.15, 0.2) is 0 Å². The van der Waals surface area contributed by atoms with Crippen LogP contribution in [0.2, 0.25) is 5.02 Å². The van der Waals surface area contributed by atoms with Crippen molar-refractivity contribution in [2.24, 2.45) is 0 Å². The molecule has 1 aromatic rings. The number of halogens is 1. The van der Waals surface area contributed by atoms with Crippen molar-refractivity contribution in [3.05, 3.63) is 38.9 Å². The minimum Gasteiger partial charge on any atom is -0.395 e. The van der Waals surface area contributed by atoms with E-state index in [2.05, 4.69) is 0 Å². The van der Waals surface area contributed by atoms with E-state index in [0.29, 0.717) is 10.8 Å². The minimum atomic E-state index is -0.444. The summed E-state index contributed by atoms with van der Waals surface area (Å²) in [4.78, 5) is 10.1. The van der Waals surface area contributed by atoms with Crippen LogP contribution in [0, 0.1) is 10.1 Å². The Bertz CT molecular complexity index is 386. The van der Waals surface area contributed by atoms with Crippen LogP contribution in [0.5, 0.6) is 0 Å². The van der Waals surface area contributed by atoms with Gasteiger partial charge in [0.25, 0.3) is 5.69 Å². The van der Waals surface area contributed by atoms with Crippen molar-refractivity contribution in [1.82, 2.24) is 0 Å². The van der Waals surface area contributed by atoms with Crippen molar-refractivity contribution in [1.29, 1.82) is 0 Å². The quantitative estimate of drug-likeness (QED) is 0.654. The van der Waals surface area contributed by atoms with E-state index in [4.69, 9.17) is 16.7 Å². The number of nitro groups is 1. The molecule has 0 fully saturated rings. The summed E-state index contributed by atoms with van der Waals surface area (Å²) in [6.45, 7) is 1.97. The highest BCUT2D eigenvalue weighted by Crippen LogP contribution is 2.27. The molecule has 1 N–H and O–H groups in total. The molecule has 6 heteroatoms. The van der Waals surface area contributed by atoms with Gasteiger partial charge in [0.05, 0.1) is 11.5 Å². The molecule has 1 unspecified atom stereocenters. The monoisotopic (exact) mass is 261 g/mol. The second kappa shape index (κ2) is 6.08. The summed E-state index contributed by atoms with van der Waals surface area (Å²) in [7, 11) is 0. The molecule has 0 aliphatic rings. The second-order valence-corrected chi connectivity index (χ2v) is 5.17. The molecule has 0 aromatic heterocycles. The van der Waals surface area contributed by atoms with E-state index < -0.39 is 4.92 Å². The van der Waals surface area contributed by atoms with Crippen molar-refractivity contribution in [3.8, 4) is 0 Å². The van der Waals surface area contributed by atoms with Gasteiger partial charge in [-0.1, -0.05) is 18.5 Å². The Balaban J connectivity index is 2.78. The van der Waals surface area contributed by atoms with Gasteiger partial charge in [0.2, 0.25) is 0 Å². The Morgan fingerprint density at radius 3 is 2.88 bits per heavy atom. The molecule has 0 aliphatic carbocycles. The normalized spacial score (nSPS) is 12.4. The number of benzene rings is 1. The molecule has 0 bridgehead atoms. The molecule has 0 radical (unpaired) electrons. The third-order valence-electron chi connectivity index (χ3n) is 2.02. The molecule has 1 atom stereocenters. The molecule has 88 valence electrons. The fourth-order valence-electron chi connectivity index (χ4n) is 1.07. The van der Waals surface area contributed by atoms with E-state index >= 15 is 0 Å². The largest absolute Gasteiger partial charge is 0.395 e. The predicted molar refractivity (Wildman–Crippen MR) is 65.9 cm³/mol. The lowest BCUT2D eigenvalue weighted by Gasteiger charge is -2.08. The zero-order valence-corrected chi connectivity index (χ0v) is 10.3. The lowest BCUT2D eigenvalue weighted by Crippen LogP contribution is -2.02. The molecule has 16 heavy (non-hydrogen) atoms. The maximum atomic E-state index is 10.6. The van der Waals surface area contributed by atoms with E-state index in [1.165, 1.54) is 30.0 Å². The van der Waals surface area contributed by atoms with Crippen LogP contribution in [0.4, 0.5) is 5.69 Å². The number of rotatable bonds is 5. The van der Waals surface area contributed by atoms with Gasteiger partial charge >= 0.3 is 0 Å². The predicted octanol–water partition coefficient (Wildman–Crippen LogP) is 2.86. The first-order valence-corrected chi connectivity index (χ1v) is 6.12. The van der Waals surface area contributed by atoms with Crippen molar-refractivity contribution in [3.63, 3.8) is 0 Å². The SMILES string of the molecule is CC(CO)SCc1cc([N+](=O)[O-])ccc1Cl. The van der Waals surface area contributed by atoms with Gasteiger partial charge in [-0.3, -0.25) is 10.1 Å². The average Bonchev–Trinajstić information content (AvgIpc) is 2.27. The summed E-state index contributed by atoms with van der Waals surface area (Å²) in [6.07, 6.45) is 0. The van der Waals surface area contributed by atoms with Crippen molar-refractivity contribution in [2.45, 2.75) is 17.9 Å². The van der Waals surface area contributed by atoms with Crippen LogP contribution in [0.3, 0.4) is 0 Å². The summed E-state index contributed by atoms with van der Waals surface area (Å²) < 4.78 is 0. The van der Waals surface area contributed by atoms with Crippen molar-refractivity contribution >= 4 is 29.1 Å². The molecule has 0 spiro atoms. The Morgan fingerprint density at radius 1 is 1.62 bits per heavy atom. The highest BCUT2D eigenvalue weighted by atomic mass is 35.5. The molecule has 1 aromatic carbocycles. The van der Waals surface area contributed by atoms with E-state index in [0.717, 1.165) is 5.56 Å². The number of thioether (sulfide) groups is 1. The number of non-ortho nitro benzene ring substituents is 1. The van der Waals surface area contributed by atoms with Gasteiger partial charge in [-0.05, 0) is 11.6 Å². The minimum absolute atomic E-state index is 0.0386. The first kappa shape index (κ1) is 13.3. The number of nitrogens with zero attached hydrogens (tertiary/aromatic N) is 1. The number of aliphatic hydroxyl groups excluding tert-OH is 1. The zero-order chi connectivity index (χ0) is 12.1. The second-order valence-electron chi connectivity index (χ2n) is 3.34. The zero-order valence-electron chi connectivity index (χ0n) is 8.72. The molecular formula is C10H12ClNO3S. The van der Waals surface area contributed by atoms with Gasteiger partial charge in [-0.25, -0.2) is 0 Å². The molecule has 1 rings (SSSR count). The third kappa shape index (κ3) is 3.66. The lowest BCUT2D eigenvalue weighted by atomic mass is 10.2.